The van der Waals surface area contributed by atoms with Crippen molar-refractivity contribution >= 4 is 5.84 Å². The Bertz CT molecular complexity index is 171. The number of likely N-dealkylation sites (N-methyl/N-ethyl adjacent to an activating group) is 1. The molecule has 1 aliphatic rings. The van der Waals surface area contributed by atoms with Gasteiger partial charge in [-0.3, -0.25) is 10.3 Å². The molecule has 0 radical (unpaired) electrons. The van der Waals surface area contributed by atoms with E-state index in [-0.39, 0.29) is 5.84 Å². The summed E-state index contributed by atoms with van der Waals surface area (Å²) < 4.78 is 0. The van der Waals surface area contributed by atoms with Gasteiger partial charge >= 0.3 is 0 Å². The third kappa shape index (κ3) is 3.35. The first-order valence-corrected chi connectivity index (χ1v) is 5.12. The van der Waals surface area contributed by atoms with E-state index in [0.717, 1.165) is 5.92 Å². The summed E-state index contributed by atoms with van der Waals surface area (Å²) in [5.74, 6) is 1.17. The van der Waals surface area contributed by atoms with E-state index in [9.17, 15) is 0 Å². The fraction of sp³-hybridized carbons (Fsp3) is 0.900. The zero-order chi connectivity index (χ0) is 9.84. The molecule has 0 saturated heterocycles. The van der Waals surface area contributed by atoms with E-state index in [1.165, 1.54) is 25.7 Å². The van der Waals surface area contributed by atoms with Gasteiger partial charge in [0, 0.05) is 6.04 Å². The smallest absolute Gasteiger partial charge is 0.105 e. The largest absolute Gasteiger partial charge is 0.387 e. The van der Waals surface area contributed by atoms with Crippen molar-refractivity contribution in [2.24, 2.45) is 11.7 Å². The highest BCUT2D eigenvalue weighted by atomic mass is 15.1. The molecule has 0 bridgehead atoms. The fourth-order valence-electron chi connectivity index (χ4n) is 2.08. The summed E-state index contributed by atoms with van der Waals surface area (Å²) in [6.45, 7) is 2.94. The Balaban J connectivity index is 2.31. The monoisotopic (exact) mass is 183 g/mol. The lowest BCUT2D eigenvalue weighted by molar-refractivity contribution is 0.188. The molecule has 0 heterocycles. The van der Waals surface area contributed by atoms with E-state index in [2.05, 4.69) is 18.9 Å². The first kappa shape index (κ1) is 10.5. The topological polar surface area (TPSA) is 53.1 Å². The lowest BCUT2D eigenvalue weighted by Crippen LogP contribution is -2.39. The summed E-state index contributed by atoms with van der Waals surface area (Å²) in [6.07, 6.45) is 5.19. The van der Waals surface area contributed by atoms with Gasteiger partial charge in [0.15, 0.2) is 0 Å². The maximum atomic E-state index is 7.22. The molecule has 0 aliphatic heterocycles. The predicted molar refractivity (Wildman–Crippen MR) is 56.0 cm³/mol. The standard InChI is InChI=1S/C10H21N3/c1-8-3-5-9(6-4-8)13(2)7-10(11)12/h8-9H,3-7H2,1-2H3,(H3,11,12). The molecular weight excluding hydrogens is 162 g/mol. The van der Waals surface area contributed by atoms with Crippen molar-refractivity contribution in [2.45, 2.75) is 38.6 Å². The highest BCUT2D eigenvalue weighted by Gasteiger charge is 2.21. The minimum atomic E-state index is 0.279. The number of nitrogens with zero attached hydrogens (tertiary/aromatic N) is 1. The van der Waals surface area contributed by atoms with E-state index >= 15 is 0 Å². The minimum absolute atomic E-state index is 0.279. The van der Waals surface area contributed by atoms with Gasteiger partial charge in [-0.05, 0) is 38.6 Å². The number of amidine groups is 1. The number of nitrogens with one attached hydrogen (secondary N) is 1. The van der Waals surface area contributed by atoms with Gasteiger partial charge in [-0.2, -0.15) is 0 Å². The van der Waals surface area contributed by atoms with Crippen LogP contribution in [0.25, 0.3) is 0 Å². The molecule has 0 unspecified atom stereocenters. The van der Waals surface area contributed by atoms with Crippen LogP contribution in [0.3, 0.4) is 0 Å². The second-order valence-electron chi connectivity index (χ2n) is 4.35. The molecule has 1 rings (SSSR count). The van der Waals surface area contributed by atoms with Crippen LogP contribution in [-0.4, -0.2) is 30.4 Å². The Morgan fingerprint density at radius 3 is 2.38 bits per heavy atom. The van der Waals surface area contributed by atoms with Gasteiger partial charge in [-0.15, -0.1) is 0 Å². The van der Waals surface area contributed by atoms with Gasteiger partial charge in [0.25, 0.3) is 0 Å². The molecule has 0 aromatic rings. The molecular formula is C10H21N3. The molecule has 13 heavy (non-hydrogen) atoms. The first-order chi connectivity index (χ1) is 6.09. The lowest BCUT2D eigenvalue weighted by Gasteiger charge is -2.33. The molecule has 0 spiro atoms. The third-order valence-electron chi connectivity index (χ3n) is 3.03. The zero-order valence-corrected chi connectivity index (χ0v) is 8.71. The van der Waals surface area contributed by atoms with Crippen molar-refractivity contribution in [3.05, 3.63) is 0 Å². The van der Waals surface area contributed by atoms with Crippen molar-refractivity contribution in [3.8, 4) is 0 Å². The number of nitrogens with two attached hydrogens (primary N) is 1. The van der Waals surface area contributed by atoms with Crippen LogP contribution in [0, 0.1) is 11.3 Å². The van der Waals surface area contributed by atoms with Gasteiger partial charge in [0.1, 0.15) is 5.84 Å². The van der Waals surface area contributed by atoms with E-state index in [0.29, 0.717) is 12.6 Å². The highest BCUT2D eigenvalue weighted by Crippen LogP contribution is 2.26. The van der Waals surface area contributed by atoms with Crippen LogP contribution in [0.15, 0.2) is 0 Å². The van der Waals surface area contributed by atoms with Crippen LogP contribution in [0.4, 0.5) is 0 Å². The normalized spacial score (nSPS) is 29.2. The molecule has 3 N–H and O–H groups in total. The van der Waals surface area contributed by atoms with Crippen LogP contribution >= 0.6 is 0 Å². The van der Waals surface area contributed by atoms with Crippen molar-refractivity contribution < 1.29 is 0 Å². The van der Waals surface area contributed by atoms with E-state index in [1.54, 1.807) is 0 Å². The van der Waals surface area contributed by atoms with E-state index in [4.69, 9.17) is 11.1 Å². The Morgan fingerprint density at radius 1 is 1.38 bits per heavy atom. The van der Waals surface area contributed by atoms with Gasteiger partial charge in [-0.25, -0.2) is 0 Å². The number of hydrogen-bond acceptors (Lipinski definition) is 2. The second-order valence-corrected chi connectivity index (χ2v) is 4.35. The van der Waals surface area contributed by atoms with Crippen LogP contribution in [0.5, 0.6) is 0 Å². The first-order valence-electron chi connectivity index (χ1n) is 5.12. The van der Waals surface area contributed by atoms with Crippen molar-refractivity contribution in [1.29, 1.82) is 5.41 Å². The summed E-state index contributed by atoms with van der Waals surface area (Å²) in [7, 11) is 2.07. The van der Waals surface area contributed by atoms with E-state index < -0.39 is 0 Å². The SMILES string of the molecule is CC1CCC(N(C)CC(=N)N)CC1. The van der Waals surface area contributed by atoms with Crippen molar-refractivity contribution in [3.63, 3.8) is 0 Å². The molecule has 0 aromatic carbocycles. The minimum Gasteiger partial charge on any atom is -0.387 e. The molecule has 0 amide bonds. The summed E-state index contributed by atoms with van der Waals surface area (Å²) in [6, 6.07) is 0.653. The lowest BCUT2D eigenvalue weighted by atomic mass is 9.87. The quantitative estimate of drug-likeness (QED) is 0.514. The fourth-order valence-corrected chi connectivity index (χ4v) is 2.08. The molecule has 1 saturated carbocycles. The summed E-state index contributed by atoms with van der Waals surface area (Å²) >= 11 is 0. The maximum absolute atomic E-state index is 7.22. The molecule has 0 atom stereocenters. The van der Waals surface area contributed by atoms with Gasteiger partial charge in [0.05, 0.1) is 6.54 Å². The number of hydrogen-bond donors (Lipinski definition) is 2. The van der Waals surface area contributed by atoms with E-state index in [1.807, 2.05) is 0 Å². The average molecular weight is 183 g/mol. The summed E-state index contributed by atoms with van der Waals surface area (Å²) in [5, 5.41) is 7.22. The highest BCUT2D eigenvalue weighted by molar-refractivity contribution is 5.78. The third-order valence-corrected chi connectivity index (χ3v) is 3.03. The summed E-state index contributed by atoms with van der Waals surface area (Å²) in [4.78, 5) is 2.22. The summed E-state index contributed by atoms with van der Waals surface area (Å²) in [5.41, 5.74) is 5.37. The Morgan fingerprint density at radius 2 is 1.92 bits per heavy atom. The van der Waals surface area contributed by atoms with Crippen molar-refractivity contribution in [2.75, 3.05) is 13.6 Å². The molecule has 1 fully saturated rings. The predicted octanol–water partition coefficient (Wildman–Crippen LogP) is 1.43. The molecule has 76 valence electrons. The number of rotatable bonds is 3. The molecule has 1 aliphatic carbocycles. The molecule has 3 nitrogen and oxygen atoms in total. The zero-order valence-electron chi connectivity index (χ0n) is 8.71. The van der Waals surface area contributed by atoms with Crippen LogP contribution < -0.4 is 5.73 Å². The van der Waals surface area contributed by atoms with Crippen molar-refractivity contribution in [1.82, 2.24) is 4.90 Å². The molecule has 0 aromatic heterocycles. The average Bonchev–Trinajstić information content (AvgIpc) is 2.04. The molecule has 3 heteroatoms. The van der Waals surface area contributed by atoms with Crippen LogP contribution in [0.1, 0.15) is 32.6 Å². The van der Waals surface area contributed by atoms with Crippen LogP contribution in [0.2, 0.25) is 0 Å². The van der Waals surface area contributed by atoms with Gasteiger partial charge < -0.3 is 5.73 Å². The maximum Gasteiger partial charge on any atom is 0.105 e. The Hall–Kier alpha value is -0.570. The Kier molecular flexibility index (Phi) is 3.72. The van der Waals surface area contributed by atoms with Crippen LogP contribution in [-0.2, 0) is 0 Å². The van der Waals surface area contributed by atoms with Gasteiger partial charge in [0.2, 0.25) is 0 Å². The van der Waals surface area contributed by atoms with Gasteiger partial charge in [-0.1, -0.05) is 6.92 Å². The Labute approximate surface area is 80.8 Å². The second kappa shape index (κ2) is 4.61.